The van der Waals surface area contributed by atoms with Gasteiger partial charge in [0, 0.05) is 11.8 Å². The molecule has 164 valence electrons. The first kappa shape index (κ1) is 20.9. The van der Waals surface area contributed by atoms with E-state index in [1.165, 1.54) is 55.4 Å². The Labute approximate surface area is 182 Å². The number of rotatable bonds is 6. The number of nitrogens with zero attached hydrogens (tertiary/aromatic N) is 2. The topological polar surface area (TPSA) is 115 Å². The molecule has 0 bridgehead atoms. The van der Waals surface area contributed by atoms with E-state index >= 15 is 0 Å². The predicted octanol–water partition coefficient (Wildman–Crippen LogP) is 3.28. The number of hydrogen-bond donors (Lipinski definition) is 3. The largest absolute Gasteiger partial charge is 0.493 e. The zero-order valence-electron chi connectivity index (χ0n) is 17.1. The van der Waals surface area contributed by atoms with Crippen LogP contribution in [0.1, 0.15) is 22.0 Å². The van der Waals surface area contributed by atoms with Crippen molar-refractivity contribution in [3.05, 3.63) is 77.4 Å². The Morgan fingerprint density at radius 3 is 2.50 bits per heavy atom. The maximum absolute atomic E-state index is 13.4. The van der Waals surface area contributed by atoms with Gasteiger partial charge in [-0.3, -0.25) is 4.79 Å². The van der Waals surface area contributed by atoms with E-state index in [2.05, 4.69) is 15.7 Å². The molecule has 3 N–H and O–H groups in total. The number of carboxylic acids is 1. The molecule has 0 radical (unpaired) electrons. The van der Waals surface area contributed by atoms with Crippen LogP contribution >= 0.6 is 0 Å². The second-order valence-corrected chi connectivity index (χ2v) is 6.88. The van der Waals surface area contributed by atoms with Crippen LogP contribution in [-0.2, 0) is 4.79 Å². The number of fused-ring (bicyclic) bond motifs is 1. The zero-order valence-corrected chi connectivity index (χ0v) is 17.1. The van der Waals surface area contributed by atoms with Crippen LogP contribution in [0, 0.1) is 5.82 Å². The molecule has 0 saturated heterocycles. The number of amides is 1. The molecule has 0 spiro atoms. The van der Waals surface area contributed by atoms with E-state index in [0.29, 0.717) is 22.7 Å². The van der Waals surface area contributed by atoms with Crippen molar-refractivity contribution in [3.8, 4) is 11.5 Å². The standard InChI is InChI=1S/C22H19FN4O5/c1-31-18-8-7-14(9-19(18)32-2)25-21(28)15-11-24-27-17(12-3-5-13(23)6-4-12)10-16(22(29)30)26-20(15)27/h3-11,17,26H,1-2H3,(H,25,28)(H,29,30)/t17-/m0/s1. The average molecular weight is 438 g/mol. The van der Waals surface area contributed by atoms with Gasteiger partial charge in [0.15, 0.2) is 11.5 Å². The highest BCUT2D eigenvalue weighted by Crippen LogP contribution is 2.33. The summed E-state index contributed by atoms with van der Waals surface area (Å²) < 4.78 is 25.3. The van der Waals surface area contributed by atoms with E-state index in [-0.39, 0.29) is 17.1 Å². The Balaban J connectivity index is 1.68. The van der Waals surface area contributed by atoms with E-state index in [4.69, 9.17) is 9.47 Å². The fourth-order valence-electron chi connectivity index (χ4n) is 3.40. The fourth-order valence-corrected chi connectivity index (χ4v) is 3.40. The third-order valence-electron chi connectivity index (χ3n) is 4.96. The van der Waals surface area contributed by atoms with Crippen LogP contribution < -0.4 is 20.1 Å². The average Bonchev–Trinajstić information content (AvgIpc) is 3.23. The van der Waals surface area contributed by atoms with Gasteiger partial charge in [0.25, 0.3) is 5.91 Å². The molecule has 0 unspecified atom stereocenters. The molecule has 0 saturated carbocycles. The molecule has 3 aromatic rings. The highest BCUT2D eigenvalue weighted by molar-refractivity contribution is 6.08. The lowest BCUT2D eigenvalue weighted by molar-refractivity contribution is -0.132. The molecule has 1 aromatic heterocycles. The number of hydrogen-bond acceptors (Lipinski definition) is 6. The minimum Gasteiger partial charge on any atom is -0.493 e. The fraction of sp³-hybridized carbons (Fsp3) is 0.136. The van der Waals surface area contributed by atoms with Gasteiger partial charge in [-0.05, 0) is 35.9 Å². The predicted molar refractivity (Wildman–Crippen MR) is 114 cm³/mol. The first-order valence-corrected chi connectivity index (χ1v) is 9.49. The lowest BCUT2D eigenvalue weighted by atomic mass is 10.0. The van der Waals surface area contributed by atoms with Gasteiger partial charge in [-0.15, -0.1) is 0 Å². The van der Waals surface area contributed by atoms with Crippen molar-refractivity contribution in [2.24, 2.45) is 0 Å². The van der Waals surface area contributed by atoms with Crippen LogP contribution in [0.4, 0.5) is 15.9 Å². The van der Waals surface area contributed by atoms with Gasteiger partial charge in [-0.1, -0.05) is 12.1 Å². The van der Waals surface area contributed by atoms with Crippen LogP contribution in [0.3, 0.4) is 0 Å². The Morgan fingerprint density at radius 1 is 1.12 bits per heavy atom. The zero-order chi connectivity index (χ0) is 22.8. The minimum atomic E-state index is -1.20. The summed E-state index contributed by atoms with van der Waals surface area (Å²) >= 11 is 0. The van der Waals surface area contributed by atoms with Gasteiger partial charge in [-0.25, -0.2) is 13.9 Å². The summed E-state index contributed by atoms with van der Waals surface area (Å²) in [5.41, 5.74) is 1.08. The van der Waals surface area contributed by atoms with Crippen molar-refractivity contribution in [2.75, 3.05) is 24.9 Å². The first-order valence-electron chi connectivity index (χ1n) is 9.49. The Hall–Kier alpha value is -4.34. The summed E-state index contributed by atoms with van der Waals surface area (Å²) in [5.74, 6) is -0.967. The molecule has 0 aliphatic carbocycles. The highest BCUT2D eigenvalue weighted by atomic mass is 19.1. The number of aromatic nitrogens is 2. The van der Waals surface area contributed by atoms with Crippen LogP contribution in [0.2, 0.25) is 0 Å². The van der Waals surface area contributed by atoms with E-state index in [0.717, 1.165) is 0 Å². The highest BCUT2D eigenvalue weighted by Gasteiger charge is 2.29. The summed E-state index contributed by atoms with van der Waals surface area (Å²) in [4.78, 5) is 24.6. The van der Waals surface area contributed by atoms with Crippen LogP contribution in [0.25, 0.3) is 0 Å². The number of aliphatic carboxylic acids is 1. The Kier molecular flexibility index (Phi) is 5.50. The molecular formula is C22H19FN4O5. The van der Waals surface area contributed by atoms with E-state index in [9.17, 15) is 19.1 Å². The third-order valence-corrected chi connectivity index (χ3v) is 4.96. The molecule has 2 heterocycles. The van der Waals surface area contributed by atoms with Crippen molar-refractivity contribution < 1.29 is 28.6 Å². The summed E-state index contributed by atoms with van der Waals surface area (Å²) in [7, 11) is 2.99. The number of allylic oxidation sites excluding steroid dienone is 1. The number of benzene rings is 2. The molecule has 4 rings (SSSR count). The summed E-state index contributed by atoms with van der Waals surface area (Å²) in [6, 6.07) is 9.89. The number of nitrogens with one attached hydrogen (secondary N) is 2. The van der Waals surface area contributed by atoms with Gasteiger partial charge in [0.1, 0.15) is 22.9 Å². The monoisotopic (exact) mass is 438 g/mol. The van der Waals surface area contributed by atoms with Crippen LogP contribution in [-0.4, -0.2) is 41.0 Å². The maximum Gasteiger partial charge on any atom is 0.352 e. The Morgan fingerprint density at radius 2 is 1.84 bits per heavy atom. The number of anilines is 2. The molecule has 10 heteroatoms. The van der Waals surface area contributed by atoms with Gasteiger partial charge < -0.3 is 25.2 Å². The van der Waals surface area contributed by atoms with Crippen molar-refractivity contribution in [2.45, 2.75) is 6.04 Å². The lowest BCUT2D eigenvalue weighted by Crippen LogP contribution is -2.25. The number of ether oxygens (including phenoxy) is 2. The number of carbonyl (C=O) groups excluding carboxylic acids is 1. The van der Waals surface area contributed by atoms with E-state index in [1.54, 1.807) is 18.2 Å². The van der Waals surface area contributed by atoms with Crippen molar-refractivity contribution in [1.82, 2.24) is 9.78 Å². The molecule has 1 amide bonds. The van der Waals surface area contributed by atoms with Gasteiger partial charge in [0.05, 0.1) is 26.5 Å². The summed E-state index contributed by atoms with van der Waals surface area (Å²) in [6.45, 7) is 0. The first-order chi connectivity index (χ1) is 15.4. The van der Waals surface area contributed by atoms with Gasteiger partial charge in [-0.2, -0.15) is 5.10 Å². The number of halogens is 1. The van der Waals surface area contributed by atoms with Crippen LogP contribution in [0.5, 0.6) is 11.5 Å². The van der Waals surface area contributed by atoms with Gasteiger partial charge >= 0.3 is 5.97 Å². The normalized spacial score (nSPS) is 14.6. The van der Waals surface area contributed by atoms with Crippen molar-refractivity contribution in [3.63, 3.8) is 0 Å². The molecule has 1 aliphatic rings. The van der Waals surface area contributed by atoms with Crippen molar-refractivity contribution in [1.29, 1.82) is 0 Å². The molecular weight excluding hydrogens is 419 g/mol. The molecule has 9 nitrogen and oxygen atoms in total. The molecule has 0 fully saturated rings. The van der Waals surface area contributed by atoms with Crippen LogP contribution in [0.15, 0.2) is 60.4 Å². The van der Waals surface area contributed by atoms with Crippen molar-refractivity contribution >= 4 is 23.4 Å². The smallest absolute Gasteiger partial charge is 0.352 e. The minimum absolute atomic E-state index is 0.118. The molecule has 1 aliphatic heterocycles. The molecule has 1 atom stereocenters. The maximum atomic E-state index is 13.4. The molecule has 32 heavy (non-hydrogen) atoms. The third kappa shape index (κ3) is 3.85. The number of carboxylic acid groups (broad SMARTS) is 1. The second kappa shape index (κ2) is 8.42. The lowest BCUT2D eigenvalue weighted by Gasteiger charge is -2.24. The number of carbonyl (C=O) groups is 2. The van der Waals surface area contributed by atoms with Gasteiger partial charge in [0.2, 0.25) is 0 Å². The van der Waals surface area contributed by atoms with E-state index < -0.39 is 23.7 Å². The SMILES string of the molecule is COc1ccc(NC(=O)c2cnn3c2NC(C(=O)O)=C[C@H]3c2ccc(F)cc2)cc1OC. The Bertz CT molecular complexity index is 1220. The van der Waals surface area contributed by atoms with E-state index in [1.807, 2.05) is 0 Å². The summed E-state index contributed by atoms with van der Waals surface area (Å²) in [6.07, 6.45) is 2.79. The summed E-state index contributed by atoms with van der Waals surface area (Å²) in [5, 5.41) is 19.3. The number of methoxy groups -OCH3 is 2. The quantitative estimate of drug-likeness (QED) is 0.541. The molecule has 2 aromatic carbocycles. The second-order valence-electron chi connectivity index (χ2n) is 6.88.